The Kier molecular flexibility index (Phi) is 4.56. The lowest BCUT2D eigenvalue weighted by Crippen LogP contribution is -2.31. The summed E-state index contributed by atoms with van der Waals surface area (Å²) in [6.45, 7) is 1.93. The summed E-state index contributed by atoms with van der Waals surface area (Å²) in [5, 5.41) is 2.92. The second kappa shape index (κ2) is 6.40. The van der Waals surface area contributed by atoms with Crippen LogP contribution in [0.15, 0.2) is 30.3 Å². The van der Waals surface area contributed by atoms with Crippen LogP contribution in [0.2, 0.25) is 0 Å². The standard InChI is InChI=1S/C14H19NO2/c16-14-13(8-4-5-9-15-14)11-17-10-12-6-2-1-3-7-12/h1-3,6-7,13H,4-5,8-11H2,(H,15,16). The van der Waals surface area contributed by atoms with Gasteiger partial charge >= 0.3 is 0 Å². The molecule has 92 valence electrons. The summed E-state index contributed by atoms with van der Waals surface area (Å²) in [6.07, 6.45) is 3.14. The maximum Gasteiger partial charge on any atom is 0.225 e. The number of nitrogens with one attached hydrogen (secondary N) is 1. The number of benzene rings is 1. The zero-order valence-electron chi connectivity index (χ0n) is 10.0. The molecule has 17 heavy (non-hydrogen) atoms. The molecule has 1 amide bonds. The molecule has 1 fully saturated rings. The van der Waals surface area contributed by atoms with Crippen LogP contribution in [0.25, 0.3) is 0 Å². The van der Waals surface area contributed by atoms with E-state index in [0.29, 0.717) is 13.2 Å². The van der Waals surface area contributed by atoms with Crippen LogP contribution in [-0.4, -0.2) is 19.1 Å². The van der Waals surface area contributed by atoms with E-state index in [2.05, 4.69) is 5.32 Å². The molecular weight excluding hydrogens is 214 g/mol. The van der Waals surface area contributed by atoms with Gasteiger partial charge in [-0.15, -0.1) is 0 Å². The number of carbonyl (C=O) groups excluding carboxylic acids is 1. The zero-order chi connectivity index (χ0) is 11.9. The number of rotatable bonds is 4. The van der Waals surface area contributed by atoms with E-state index in [0.717, 1.165) is 31.4 Å². The van der Waals surface area contributed by atoms with Gasteiger partial charge in [-0.2, -0.15) is 0 Å². The fourth-order valence-corrected chi connectivity index (χ4v) is 2.06. The highest BCUT2D eigenvalue weighted by atomic mass is 16.5. The van der Waals surface area contributed by atoms with E-state index in [1.54, 1.807) is 0 Å². The smallest absolute Gasteiger partial charge is 0.225 e. The largest absolute Gasteiger partial charge is 0.376 e. The second-order valence-electron chi connectivity index (χ2n) is 4.48. The van der Waals surface area contributed by atoms with Gasteiger partial charge in [-0.05, 0) is 18.4 Å². The maximum atomic E-state index is 11.7. The van der Waals surface area contributed by atoms with E-state index in [4.69, 9.17) is 4.74 Å². The molecule has 1 saturated heterocycles. The highest BCUT2D eigenvalue weighted by Gasteiger charge is 2.20. The molecule has 3 heteroatoms. The van der Waals surface area contributed by atoms with Gasteiger partial charge in [0.25, 0.3) is 0 Å². The van der Waals surface area contributed by atoms with Crippen molar-refractivity contribution in [2.24, 2.45) is 5.92 Å². The highest BCUT2D eigenvalue weighted by molar-refractivity contribution is 5.78. The predicted octanol–water partition coefficient (Wildman–Crippen LogP) is 2.12. The van der Waals surface area contributed by atoms with Crippen LogP contribution in [0, 0.1) is 5.92 Å². The van der Waals surface area contributed by atoms with Crippen LogP contribution in [-0.2, 0) is 16.1 Å². The molecule has 0 spiro atoms. The SMILES string of the molecule is O=C1NCCCCC1COCc1ccccc1. The topological polar surface area (TPSA) is 38.3 Å². The normalized spacial score (nSPS) is 20.7. The molecule has 2 rings (SSSR count). The number of hydrogen-bond donors (Lipinski definition) is 1. The Morgan fingerprint density at radius 1 is 1.24 bits per heavy atom. The first kappa shape index (κ1) is 12.1. The third-order valence-electron chi connectivity index (χ3n) is 3.08. The lowest BCUT2D eigenvalue weighted by atomic mass is 10.0. The Bertz CT molecular complexity index is 350. The van der Waals surface area contributed by atoms with Crippen molar-refractivity contribution in [3.05, 3.63) is 35.9 Å². The van der Waals surface area contributed by atoms with Crippen LogP contribution in [0.4, 0.5) is 0 Å². The van der Waals surface area contributed by atoms with Crippen molar-refractivity contribution in [3.8, 4) is 0 Å². The molecule has 1 aromatic rings. The highest BCUT2D eigenvalue weighted by Crippen LogP contribution is 2.13. The minimum absolute atomic E-state index is 0.0289. The third-order valence-corrected chi connectivity index (χ3v) is 3.08. The molecule has 0 radical (unpaired) electrons. The summed E-state index contributed by atoms with van der Waals surface area (Å²) in [4.78, 5) is 11.7. The van der Waals surface area contributed by atoms with Crippen LogP contribution in [0.5, 0.6) is 0 Å². The quantitative estimate of drug-likeness (QED) is 0.865. The molecule has 0 aromatic heterocycles. The van der Waals surface area contributed by atoms with E-state index in [1.807, 2.05) is 30.3 Å². The van der Waals surface area contributed by atoms with Crippen LogP contribution in [0.3, 0.4) is 0 Å². The van der Waals surface area contributed by atoms with Gasteiger partial charge in [0.15, 0.2) is 0 Å². The molecule has 1 aliphatic rings. The van der Waals surface area contributed by atoms with E-state index < -0.39 is 0 Å². The lowest BCUT2D eigenvalue weighted by molar-refractivity contribution is -0.126. The zero-order valence-corrected chi connectivity index (χ0v) is 10.0. The first-order chi connectivity index (χ1) is 8.36. The van der Waals surface area contributed by atoms with Crippen molar-refractivity contribution in [2.75, 3.05) is 13.2 Å². The van der Waals surface area contributed by atoms with Gasteiger partial charge in [0.1, 0.15) is 0 Å². The van der Waals surface area contributed by atoms with E-state index in [9.17, 15) is 4.79 Å². The second-order valence-corrected chi connectivity index (χ2v) is 4.48. The fourth-order valence-electron chi connectivity index (χ4n) is 2.06. The molecule has 0 bridgehead atoms. The molecule has 1 aliphatic heterocycles. The third kappa shape index (κ3) is 3.86. The number of ether oxygens (including phenoxy) is 1. The van der Waals surface area contributed by atoms with Gasteiger partial charge in [-0.3, -0.25) is 4.79 Å². The molecule has 1 atom stereocenters. The molecule has 0 aliphatic carbocycles. The minimum atomic E-state index is 0.0289. The van der Waals surface area contributed by atoms with Gasteiger partial charge < -0.3 is 10.1 Å². The Morgan fingerprint density at radius 3 is 2.88 bits per heavy atom. The van der Waals surface area contributed by atoms with Crippen LogP contribution in [0.1, 0.15) is 24.8 Å². The number of hydrogen-bond acceptors (Lipinski definition) is 2. The minimum Gasteiger partial charge on any atom is -0.376 e. The first-order valence-electron chi connectivity index (χ1n) is 6.25. The van der Waals surface area contributed by atoms with Gasteiger partial charge in [0.2, 0.25) is 5.91 Å². The van der Waals surface area contributed by atoms with Crippen LogP contribution >= 0.6 is 0 Å². The predicted molar refractivity (Wildman–Crippen MR) is 66.4 cm³/mol. The average Bonchev–Trinajstić information content (AvgIpc) is 2.56. The Labute approximate surface area is 102 Å². The molecule has 1 aromatic carbocycles. The van der Waals surface area contributed by atoms with Crippen LogP contribution < -0.4 is 5.32 Å². The summed E-state index contributed by atoms with van der Waals surface area (Å²) in [5.74, 6) is 0.178. The molecule has 3 nitrogen and oxygen atoms in total. The van der Waals surface area contributed by atoms with Crippen molar-refractivity contribution in [1.82, 2.24) is 5.32 Å². The van der Waals surface area contributed by atoms with Gasteiger partial charge in [0.05, 0.1) is 19.1 Å². The maximum absolute atomic E-state index is 11.7. The molecule has 1 unspecified atom stereocenters. The molecule has 1 N–H and O–H groups in total. The summed E-state index contributed by atoms with van der Waals surface area (Å²) in [7, 11) is 0. The van der Waals surface area contributed by atoms with Crippen molar-refractivity contribution in [3.63, 3.8) is 0 Å². The summed E-state index contributed by atoms with van der Waals surface area (Å²) >= 11 is 0. The van der Waals surface area contributed by atoms with E-state index in [-0.39, 0.29) is 11.8 Å². The Balaban J connectivity index is 1.75. The average molecular weight is 233 g/mol. The van der Waals surface area contributed by atoms with E-state index >= 15 is 0 Å². The van der Waals surface area contributed by atoms with Gasteiger partial charge in [-0.1, -0.05) is 36.8 Å². The van der Waals surface area contributed by atoms with Crippen molar-refractivity contribution < 1.29 is 9.53 Å². The van der Waals surface area contributed by atoms with Gasteiger partial charge in [-0.25, -0.2) is 0 Å². The Hall–Kier alpha value is -1.35. The number of carbonyl (C=O) groups is 1. The number of amides is 1. The fraction of sp³-hybridized carbons (Fsp3) is 0.500. The lowest BCUT2D eigenvalue weighted by Gasteiger charge is -2.13. The first-order valence-corrected chi connectivity index (χ1v) is 6.25. The summed E-state index contributed by atoms with van der Waals surface area (Å²) < 4.78 is 5.62. The van der Waals surface area contributed by atoms with Crippen molar-refractivity contribution in [1.29, 1.82) is 0 Å². The molecule has 1 heterocycles. The molecular formula is C14H19NO2. The van der Waals surface area contributed by atoms with Gasteiger partial charge in [0, 0.05) is 6.54 Å². The monoisotopic (exact) mass is 233 g/mol. The molecule has 0 saturated carbocycles. The Morgan fingerprint density at radius 2 is 2.06 bits per heavy atom. The summed E-state index contributed by atoms with van der Waals surface area (Å²) in [5.41, 5.74) is 1.15. The van der Waals surface area contributed by atoms with Crippen molar-refractivity contribution >= 4 is 5.91 Å². The van der Waals surface area contributed by atoms with E-state index in [1.165, 1.54) is 0 Å². The summed E-state index contributed by atoms with van der Waals surface area (Å²) in [6, 6.07) is 10.1. The van der Waals surface area contributed by atoms with Crippen molar-refractivity contribution in [2.45, 2.75) is 25.9 Å².